The highest BCUT2D eigenvalue weighted by atomic mass is 32.2. The molecule has 0 aliphatic rings. The van der Waals surface area contributed by atoms with Crippen LogP contribution in [0.3, 0.4) is 0 Å². The lowest BCUT2D eigenvalue weighted by atomic mass is 10.0. The van der Waals surface area contributed by atoms with Crippen LogP contribution in [0.2, 0.25) is 0 Å². The fourth-order valence-corrected chi connectivity index (χ4v) is 5.22. The van der Waals surface area contributed by atoms with Crippen LogP contribution in [0.4, 0.5) is 0 Å². The third-order valence-electron chi connectivity index (χ3n) is 3.22. The van der Waals surface area contributed by atoms with E-state index in [1.165, 1.54) is 6.07 Å². The molecule has 0 aliphatic heterocycles. The van der Waals surface area contributed by atoms with E-state index in [-0.39, 0.29) is 16.2 Å². The lowest BCUT2D eigenvalue weighted by Gasteiger charge is -2.13. The molecule has 1 amide bonds. The van der Waals surface area contributed by atoms with Gasteiger partial charge in [0.25, 0.3) is 5.91 Å². The molecule has 0 spiro atoms. The minimum Gasteiger partial charge on any atom is -0.370 e. The number of benzene rings is 1. The Bertz CT molecular complexity index is 883. The van der Waals surface area contributed by atoms with Gasteiger partial charge in [0.15, 0.2) is 25.6 Å². The monoisotopic (exact) mass is 375 g/mol. The van der Waals surface area contributed by atoms with Crippen molar-refractivity contribution in [3.63, 3.8) is 0 Å². The standard InChI is InChI=1S/C14H21N3O5S2/c1-4-6-24(21,22)12-7-9(5-2)10(13(18)17-14(15)16)8-11(12)23(3,19)20/h7-8H,4-6H2,1-3H3,(H4,15,16,17,18). The number of aliphatic imine (C=N–C) groups is 1. The van der Waals surface area contributed by atoms with E-state index in [0.717, 1.165) is 12.3 Å². The predicted molar refractivity (Wildman–Crippen MR) is 91.4 cm³/mol. The number of guanidine groups is 1. The van der Waals surface area contributed by atoms with Gasteiger partial charge in [-0.05, 0) is 30.5 Å². The van der Waals surface area contributed by atoms with Crippen molar-refractivity contribution in [3.05, 3.63) is 23.3 Å². The Kier molecular flexibility index (Phi) is 6.12. The van der Waals surface area contributed by atoms with E-state index < -0.39 is 36.4 Å². The van der Waals surface area contributed by atoms with E-state index in [2.05, 4.69) is 4.99 Å². The van der Waals surface area contributed by atoms with Gasteiger partial charge in [0.1, 0.15) is 0 Å². The van der Waals surface area contributed by atoms with E-state index in [9.17, 15) is 21.6 Å². The second-order valence-corrected chi connectivity index (χ2v) is 9.30. The Morgan fingerprint density at radius 3 is 2.08 bits per heavy atom. The van der Waals surface area contributed by atoms with Crippen LogP contribution in [0.1, 0.15) is 36.2 Å². The summed E-state index contributed by atoms with van der Waals surface area (Å²) in [4.78, 5) is 14.8. The van der Waals surface area contributed by atoms with Crippen LogP contribution in [0.5, 0.6) is 0 Å². The van der Waals surface area contributed by atoms with Gasteiger partial charge < -0.3 is 11.5 Å². The number of amides is 1. The van der Waals surface area contributed by atoms with E-state index in [1.807, 2.05) is 0 Å². The zero-order chi connectivity index (χ0) is 18.7. The minimum absolute atomic E-state index is 0.0400. The maximum absolute atomic E-state index is 12.4. The van der Waals surface area contributed by atoms with Crippen LogP contribution in [0, 0.1) is 0 Å². The summed E-state index contributed by atoms with van der Waals surface area (Å²) >= 11 is 0. The number of hydrogen-bond acceptors (Lipinski definition) is 5. The Balaban J connectivity index is 3.83. The van der Waals surface area contributed by atoms with E-state index in [1.54, 1.807) is 13.8 Å². The van der Waals surface area contributed by atoms with E-state index in [4.69, 9.17) is 11.5 Å². The SMILES string of the molecule is CCCS(=O)(=O)c1cc(CC)c(C(=O)N=C(N)N)cc1S(C)(=O)=O. The molecule has 24 heavy (non-hydrogen) atoms. The van der Waals surface area contributed by atoms with Crippen molar-refractivity contribution in [1.29, 1.82) is 0 Å². The van der Waals surface area contributed by atoms with Gasteiger partial charge in [-0.2, -0.15) is 4.99 Å². The molecular weight excluding hydrogens is 354 g/mol. The summed E-state index contributed by atoms with van der Waals surface area (Å²) in [5.41, 5.74) is 10.7. The van der Waals surface area contributed by atoms with Gasteiger partial charge in [0.2, 0.25) is 0 Å². The number of carbonyl (C=O) groups excluding carboxylic acids is 1. The first-order valence-electron chi connectivity index (χ1n) is 7.17. The van der Waals surface area contributed by atoms with E-state index in [0.29, 0.717) is 18.4 Å². The maximum Gasteiger partial charge on any atom is 0.280 e. The summed E-state index contributed by atoms with van der Waals surface area (Å²) in [6, 6.07) is 2.25. The Hall–Kier alpha value is -1.94. The van der Waals surface area contributed by atoms with Gasteiger partial charge in [-0.25, -0.2) is 16.8 Å². The Morgan fingerprint density at radius 1 is 1.08 bits per heavy atom. The smallest absolute Gasteiger partial charge is 0.280 e. The molecule has 0 aliphatic carbocycles. The van der Waals surface area contributed by atoms with Crippen LogP contribution in [-0.2, 0) is 26.1 Å². The van der Waals surface area contributed by atoms with Crippen molar-refractivity contribution in [2.24, 2.45) is 16.5 Å². The highest BCUT2D eigenvalue weighted by Gasteiger charge is 2.27. The first kappa shape index (κ1) is 20.1. The van der Waals surface area contributed by atoms with Gasteiger partial charge >= 0.3 is 0 Å². The molecule has 0 radical (unpaired) electrons. The number of nitrogens with zero attached hydrogens (tertiary/aromatic N) is 1. The van der Waals surface area contributed by atoms with Gasteiger partial charge in [-0.3, -0.25) is 4.79 Å². The van der Waals surface area contributed by atoms with Gasteiger partial charge in [-0.15, -0.1) is 0 Å². The van der Waals surface area contributed by atoms with Crippen molar-refractivity contribution in [1.82, 2.24) is 0 Å². The van der Waals surface area contributed by atoms with Gasteiger partial charge in [0.05, 0.1) is 15.5 Å². The van der Waals surface area contributed by atoms with Crippen molar-refractivity contribution < 1.29 is 21.6 Å². The molecule has 0 saturated carbocycles. The molecule has 1 aromatic rings. The molecule has 0 aromatic heterocycles. The third-order valence-corrected chi connectivity index (χ3v) is 6.44. The molecule has 0 bridgehead atoms. The van der Waals surface area contributed by atoms with Crippen molar-refractivity contribution in [2.75, 3.05) is 12.0 Å². The highest BCUT2D eigenvalue weighted by Crippen LogP contribution is 2.28. The second kappa shape index (κ2) is 7.31. The summed E-state index contributed by atoms with van der Waals surface area (Å²) in [7, 11) is -7.68. The molecule has 134 valence electrons. The summed E-state index contributed by atoms with van der Waals surface area (Å²) in [5, 5.41) is 0. The Morgan fingerprint density at radius 2 is 1.67 bits per heavy atom. The molecule has 0 fully saturated rings. The normalized spacial score (nSPS) is 12.0. The van der Waals surface area contributed by atoms with Gasteiger partial charge in [0, 0.05) is 11.8 Å². The highest BCUT2D eigenvalue weighted by molar-refractivity contribution is 7.94. The number of carbonyl (C=O) groups is 1. The molecular formula is C14H21N3O5S2. The molecule has 0 saturated heterocycles. The van der Waals surface area contributed by atoms with E-state index >= 15 is 0 Å². The second-order valence-electron chi connectivity index (χ2n) is 5.24. The first-order chi connectivity index (χ1) is 10.9. The largest absolute Gasteiger partial charge is 0.370 e. The predicted octanol–water partition coefficient (Wildman–Crippen LogP) is 0.250. The molecule has 10 heteroatoms. The summed E-state index contributed by atoms with van der Waals surface area (Å²) in [5.74, 6) is -1.48. The van der Waals surface area contributed by atoms with Crippen LogP contribution in [-0.4, -0.2) is 40.7 Å². The van der Waals surface area contributed by atoms with Crippen molar-refractivity contribution >= 4 is 31.5 Å². The minimum atomic E-state index is -3.89. The first-order valence-corrected chi connectivity index (χ1v) is 10.7. The summed E-state index contributed by atoms with van der Waals surface area (Å²) in [6.45, 7) is 3.38. The average Bonchev–Trinajstić information content (AvgIpc) is 2.43. The van der Waals surface area contributed by atoms with Crippen molar-refractivity contribution in [2.45, 2.75) is 36.5 Å². The number of aryl methyl sites for hydroxylation is 1. The molecule has 0 heterocycles. The molecule has 8 nitrogen and oxygen atoms in total. The zero-order valence-electron chi connectivity index (χ0n) is 13.7. The lowest BCUT2D eigenvalue weighted by molar-refractivity contribution is 0.100. The quantitative estimate of drug-likeness (QED) is 0.534. The number of rotatable bonds is 6. The van der Waals surface area contributed by atoms with Crippen LogP contribution >= 0.6 is 0 Å². The summed E-state index contributed by atoms with van der Waals surface area (Å²) < 4.78 is 48.9. The van der Waals surface area contributed by atoms with Crippen LogP contribution in [0.15, 0.2) is 26.9 Å². The fraction of sp³-hybridized carbons (Fsp3) is 0.429. The van der Waals surface area contributed by atoms with Crippen molar-refractivity contribution in [3.8, 4) is 0 Å². The topological polar surface area (TPSA) is 150 Å². The lowest BCUT2D eigenvalue weighted by Crippen LogP contribution is -2.24. The molecule has 1 rings (SSSR count). The average molecular weight is 375 g/mol. The molecule has 0 unspecified atom stereocenters. The number of nitrogens with two attached hydrogens (primary N) is 2. The van der Waals surface area contributed by atoms with Gasteiger partial charge in [-0.1, -0.05) is 13.8 Å². The Labute approximate surface area is 141 Å². The van der Waals surface area contributed by atoms with Crippen LogP contribution in [0.25, 0.3) is 0 Å². The molecule has 0 atom stereocenters. The fourth-order valence-electron chi connectivity index (χ4n) is 2.18. The number of sulfone groups is 2. The third kappa shape index (κ3) is 4.54. The van der Waals surface area contributed by atoms with Crippen LogP contribution < -0.4 is 11.5 Å². The number of hydrogen-bond donors (Lipinski definition) is 2. The maximum atomic E-state index is 12.4. The zero-order valence-corrected chi connectivity index (χ0v) is 15.4. The molecule has 1 aromatic carbocycles. The molecule has 4 N–H and O–H groups in total. The summed E-state index contributed by atoms with van der Waals surface area (Å²) in [6.07, 6.45) is 1.52.